The summed E-state index contributed by atoms with van der Waals surface area (Å²) in [6.07, 6.45) is 0. The van der Waals surface area contributed by atoms with E-state index >= 15 is 0 Å². The Hall–Kier alpha value is -1.66. The van der Waals surface area contributed by atoms with Gasteiger partial charge in [0.05, 0.1) is 15.8 Å². The zero-order valence-electron chi connectivity index (χ0n) is 12.4. The van der Waals surface area contributed by atoms with Gasteiger partial charge in [0.1, 0.15) is 0 Å². The zero-order valence-corrected chi connectivity index (χ0v) is 15.5. The van der Waals surface area contributed by atoms with Crippen molar-refractivity contribution in [3.05, 3.63) is 67.9 Å². The van der Waals surface area contributed by atoms with Gasteiger partial charge < -0.3 is 0 Å². The summed E-state index contributed by atoms with van der Waals surface area (Å²) < 4.78 is 1.95. The van der Waals surface area contributed by atoms with Crippen molar-refractivity contribution < 1.29 is 0 Å². The maximum absolute atomic E-state index is 6.07. The second kappa shape index (κ2) is 7.07. The average molecular weight is 398 g/mol. The first-order chi connectivity index (χ1) is 11.5. The lowest BCUT2D eigenvalue weighted by Gasteiger charge is -2.05. The molecule has 2 aromatic carbocycles. The molecule has 0 fully saturated rings. The fourth-order valence-corrected chi connectivity index (χ4v) is 2.70. The quantitative estimate of drug-likeness (QED) is 0.446. The minimum absolute atomic E-state index is 0.388. The van der Waals surface area contributed by atoms with E-state index < -0.39 is 0 Å². The van der Waals surface area contributed by atoms with Gasteiger partial charge >= 0.3 is 0 Å². The highest BCUT2D eigenvalue weighted by Gasteiger charge is 2.10. The molecule has 0 aliphatic carbocycles. The molecule has 0 radical (unpaired) electrons. The molecule has 0 amide bonds. The van der Waals surface area contributed by atoms with Crippen LogP contribution in [-0.4, -0.2) is 20.6 Å². The van der Waals surface area contributed by atoms with Crippen LogP contribution in [0.25, 0.3) is 11.4 Å². The first kappa shape index (κ1) is 17.2. The molecule has 3 aromatic rings. The molecule has 0 aliphatic rings. The van der Waals surface area contributed by atoms with E-state index in [4.69, 9.17) is 47.0 Å². The number of H-pyrrole nitrogens is 1. The van der Waals surface area contributed by atoms with E-state index in [0.717, 1.165) is 16.8 Å². The highest BCUT2D eigenvalue weighted by Crippen LogP contribution is 2.24. The fraction of sp³-hybridized carbons (Fsp3) is 0.0625. The monoisotopic (exact) mass is 396 g/mol. The maximum Gasteiger partial charge on any atom is 0.216 e. The van der Waals surface area contributed by atoms with E-state index in [1.54, 1.807) is 28.9 Å². The minimum Gasteiger partial charge on any atom is -0.250 e. The first-order valence-corrected chi connectivity index (χ1v) is 8.44. The zero-order chi connectivity index (χ0) is 17.3. The summed E-state index contributed by atoms with van der Waals surface area (Å²) in [5.41, 5.74) is 2.41. The Morgan fingerprint density at radius 2 is 1.79 bits per heavy atom. The van der Waals surface area contributed by atoms with Crippen LogP contribution < -0.4 is 0 Å². The lowest BCUT2D eigenvalue weighted by Crippen LogP contribution is -2.01. The fourth-order valence-electron chi connectivity index (χ4n) is 2.10. The second-order valence-electron chi connectivity index (χ2n) is 4.99. The van der Waals surface area contributed by atoms with E-state index in [2.05, 4.69) is 15.3 Å². The molecule has 8 heteroatoms. The topological polar surface area (TPSA) is 46.0 Å². The van der Waals surface area contributed by atoms with Crippen molar-refractivity contribution in [2.45, 2.75) is 6.92 Å². The second-order valence-corrected chi connectivity index (χ2v) is 6.62. The van der Waals surface area contributed by atoms with Crippen LogP contribution in [0.4, 0.5) is 0 Å². The standard InChI is InChI=1S/C16H11Cl3N4S/c1-9(11-4-7-13(18)14(19)8-11)22-23-15(20-21-16(23)24)10-2-5-12(17)6-3-10/h2-8H,1H3,(H,21,24)/b22-9+. The van der Waals surface area contributed by atoms with Crippen molar-refractivity contribution in [3.8, 4) is 11.4 Å². The van der Waals surface area contributed by atoms with Crippen molar-refractivity contribution in [1.82, 2.24) is 14.9 Å². The lowest BCUT2D eigenvalue weighted by atomic mass is 10.1. The summed E-state index contributed by atoms with van der Waals surface area (Å²) in [6, 6.07) is 12.6. The molecule has 4 nitrogen and oxygen atoms in total. The SMILES string of the molecule is C/C(=N\n1c(-c2ccc(Cl)cc2)n[nH]c1=S)c1ccc(Cl)c(Cl)c1. The van der Waals surface area contributed by atoms with Gasteiger partial charge in [-0.2, -0.15) is 14.9 Å². The maximum atomic E-state index is 6.07. The van der Waals surface area contributed by atoms with Crippen LogP contribution >= 0.6 is 47.0 Å². The van der Waals surface area contributed by atoms with Gasteiger partial charge in [0.25, 0.3) is 0 Å². The van der Waals surface area contributed by atoms with Crippen LogP contribution in [0.1, 0.15) is 12.5 Å². The normalized spacial score (nSPS) is 11.8. The molecule has 3 rings (SSSR count). The molecule has 0 bridgehead atoms. The van der Waals surface area contributed by atoms with E-state index in [0.29, 0.717) is 25.7 Å². The van der Waals surface area contributed by atoms with Gasteiger partial charge in [-0.25, -0.2) is 5.10 Å². The van der Waals surface area contributed by atoms with E-state index in [1.165, 1.54) is 0 Å². The highest BCUT2D eigenvalue weighted by atomic mass is 35.5. The number of aromatic nitrogens is 3. The van der Waals surface area contributed by atoms with Gasteiger partial charge in [-0.05, 0) is 61.1 Å². The third kappa shape index (κ3) is 3.54. The van der Waals surface area contributed by atoms with Gasteiger partial charge in [0.2, 0.25) is 4.77 Å². The lowest BCUT2D eigenvalue weighted by molar-refractivity contribution is 0.864. The van der Waals surface area contributed by atoms with E-state index in [9.17, 15) is 0 Å². The smallest absolute Gasteiger partial charge is 0.216 e. The number of nitrogens with one attached hydrogen (secondary N) is 1. The van der Waals surface area contributed by atoms with Crippen molar-refractivity contribution >= 4 is 52.7 Å². The van der Waals surface area contributed by atoms with Gasteiger partial charge in [0, 0.05) is 10.6 Å². The van der Waals surface area contributed by atoms with Crippen LogP contribution in [0.5, 0.6) is 0 Å². The van der Waals surface area contributed by atoms with Crippen LogP contribution in [0, 0.1) is 4.77 Å². The summed E-state index contributed by atoms with van der Waals surface area (Å²) in [5, 5.41) is 13.2. The van der Waals surface area contributed by atoms with E-state index in [-0.39, 0.29) is 0 Å². The molecule has 122 valence electrons. The Morgan fingerprint density at radius 3 is 2.46 bits per heavy atom. The predicted molar refractivity (Wildman–Crippen MR) is 102 cm³/mol. The highest BCUT2D eigenvalue weighted by molar-refractivity contribution is 7.71. The van der Waals surface area contributed by atoms with Crippen LogP contribution in [-0.2, 0) is 0 Å². The van der Waals surface area contributed by atoms with Crippen LogP contribution in [0.3, 0.4) is 0 Å². The molecule has 1 heterocycles. The number of aromatic amines is 1. The molecule has 0 aliphatic heterocycles. The third-order valence-corrected chi connectivity index (χ3v) is 4.60. The molecular weight excluding hydrogens is 387 g/mol. The Bertz CT molecular complexity index is 974. The Balaban J connectivity index is 2.06. The summed E-state index contributed by atoms with van der Waals surface area (Å²) in [4.78, 5) is 0. The largest absolute Gasteiger partial charge is 0.250 e. The number of rotatable bonds is 3. The number of benzene rings is 2. The van der Waals surface area contributed by atoms with Crippen molar-refractivity contribution in [1.29, 1.82) is 0 Å². The Morgan fingerprint density at radius 1 is 1.08 bits per heavy atom. The molecule has 1 aromatic heterocycles. The number of hydrogen-bond donors (Lipinski definition) is 1. The third-order valence-electron chi connectivity index (χ3n) is 3.34. The number of hydrogen-bond acceptors (Lipinski definition) is 3. The van der Waals surface area contributed by atoms with Crippen molar-refractivity contribution in [3.63, 3.8) is 0 Å². The first-order valence-electron chi connectivity index (χ1n) is 6.90. The summed E-state index contributed by atoms with van der Waals surface area (Å²) in [7, 11) is 0. The number of halogens is 3. The molecule has 0 unspecified atom stereocenters. The van der Waals surface area contributed by atoms with Gasteiger partial charge in [-0.1, -0.05) is 40.9 Å². The summed E-state index contributed by atoms with van der Waals surface area (Å²) >= 11 is 23.2. The molecule has 0 spiro atoms. The minimum atomic E-state index is 0.388. The van der Waals surface area contributed by atoms with Gasteiger partial charge in [-0.15, -0.1) is 0 Å². The predicted octanol–water partition coefficient (Wildman–Crippen LogP) is 5.84. The summed E-state index contributed by atoms with van der Waals surface area (Å²) in [6.45, 7) is 1.86. The molecule has 0 saturated heterocycles. The Kier molecular flexibility index (Phi) is 5.06. The molecular formula is C16H11Cl3N4S. The summed E-state index contributed by atoms with van der Waals surface area (Å²) in [5.74, 6) is 0.594. The molecule has 24 heavy (non-hydrogen) atoms. The Labute approximate surface area is 158 Å². The molecule has 1 N–H and O–H groups in total. The van der Waals surface area contributed by atoms with Crippen molar-refractivity contribution in [2.24, 2.45) is 5.10 Å². The number of nitrogens with zero attached hydrogens (tertiary/aromatic N) is 3. The van der Waals surface area contributed by atoms with Gasteiger partial charge in [-0.3, -0.25) is 0 Å². The molecule has 0 atom stereocenters. The van der Waals surface area contributed by atoms with Crippen LogP contribution in [0.2, 0.25) is 15.1 Å². The van der Waals surface area contributed by atoms with Crippen molar-refractivity contribution in [2.75, 3.05) is 0 Å². The van der Waals surface area contributed by atoms with Crippen LogP contribution in [0.15, 0.2) is 47.6 Å². The average Bonchev–Trinajstić information content (AvgIpc) is 2.92. The van der Waals surface area contributed by atoms with E-state index in [1.807, 2.05) is 25.1 Å². The van der Waals surface area contributed by atoms with Gasteiger partial charge in [0.15, 0.2) is 5.82 Å². The molecule has 0 saturated carbocycles.